The number of aromatic carboxylic acids is 1. The van der Waals surface area contributed by atoms with Gasteiger partial charge in [0.15, 0.2) is 0 Å². The largest absolute Gasteiger partial charge is 0.478 e. The number of carbonyl (C=O) groups is 1. The molecule has 0 saturated carbocycles. The van der Waals surface area contributed by atoms with Crippen LogP contribution in [0.4, 0.5) is 8.78 Å². The van der Waals surface area contributed by atoms with Crippen LogP contribution in [0.25, 0.3) is 10.8 Å². The molecule has 0 amide bonds. The minimum atomic E-state index is -1.21. The molecule has 0 unspecified atom stereocenters. The normalized spacial score (nSPS) is 10.5. The van der Waals surface area contributed by atoms with Crippen molar-refractivity contribution in [1.29, 1.82) is 0 Å². The number of hydrogen-bond donors (Lipinski definition) is 1. The Balaban J connectivity index is 2.78. The van der Waals surface area contributed by atoms with E-state index in [9.17, 15) is 13.6 Å². The van der Waals surface area contributed by atoms with E-state index in [0.717, 1.165) is 18.2 Å². The third-order valence-corrected chi connectivity index (χ3v) is 2.11. The second-order valence-electron chi connectivity index (χ2n) is 3.13. The van der Waals surface area contributed by atoms with E-state index >= 15 is 0 Å². The molecule has 0 aromatic heterocycles. The smallest absolute Gasteiger partial charge is 0.335 e. The summed E-state index contributed by atoms with van der Waals surface area (Å²) >= 11 is 0. The first-order chi connectivity index (χ1) is 7.08. The monoisotopic (exact) mass is 208 g/mol. The van der Waals surface area contributed by atoms with Crippen molar-refractivity contribution in [3.8, 4) is 0 Å². The van der Waals surface area contributed by atoms with Crippen molar-refractivity contribution in [3.63, 3.8) is 0 Å². The Morgan fingerprint density at radius 2 is 1.87 bits per heavy atom. The van der Waals surface area contributed by atoms with Crippen LogP contribution in [0.3, 0.4) is 0 Å². The third kappa shape index (κ3) is 1.66. The van der Waals surface area contributed by atoms with Gasteiger partial charge in [0.2, 0.25) is 0 Å². The molecule has 0 bridgehead atoms. The summed E-state index contributed by atoms with van der Waals surface area (Å²) in [4.78, 5) is 10.6. The summed E-state index contributed by atoms with van der Waals surface area (Å²) in [6.07, 6.45) is 0. The number of carboxylic acid groups (broad SMARTS) is 1. The maximum atomic E-state index is 13.4. The summed E-state index contributed by atoms with van der Waals surface area (Å²) in [5.74, 6) is -2.49. The molecule has 2 nitrogen and oxygen atoms in total. The average molecular weight is 208 g/mol. The number of carboxylic acids is 1. The van der Waals surface area contributed by atoms with Crippen molar-refractivity contribution in [2.24, 2.45) is 0 Å². The molecule has 0 aliphatic heterocycles. The van der Waals surface area contributed by atoms with Crippen molar-refractivity contribution in [2.75, 3.05) is 0 Å². The molecule has 0 radical (unpaired) electrons. The van der Waals surface area contributed by atoms with Crippen molar-refractivity contribution in [1.82, 2.24) is 0 Å². The van der Waals surface area contributed by atoms with Crippen LogP contribution in [0.15, 0.2) is 30.3 Å². The number of benzene rings is 2. The molecule has 4 heteroatoms. The Morgan fingerprint density at radius 1 is 1.13 bits per heavy atom. The van der Waals surface area contributed by atoms with Gasteiger partial charge in [0.25, 0.3) is 0 Å². The molecule has 76 valence electrons. The molecule has 0 heterocycles. The summed E-state index contributed by atoms with van der Waals surface area (Å²) in [7, 11) is 0. The zero-order valence-electron chi connectivity index (χ0n) is 7.50. The predicted molar refractivity (Wildman–Crippen MR) is 50.8 cm³/mol. The maximum absolute atomic E-state index is 13.4. The van der Waals surface area contributed by atoms with Gasteiger partial charge in [0.1, 0.15) is 11.6 Å². The predicted octanol–water partition coefficient (Wildman–Crippen LogP) is 2.82. The van der Waals surface area contributed by atoms with Crippen LogP contribution >= 0.6 is 0 Å². The molecular weight excluding hydrogens is 202 g/mol. The SMILES string of the molecule is O=C(O)c1cc(F)c2cc(F)ccc2c1. The third-order valence-electron chi connectivity index (χ3n) is 2.11. The van der Waals surface area contributed by atoms with Crippen molar-refractivity contribution >= 4 is 16.7 Å². The van der Waals surface area contributed by atoms with Gasteiger partial charge in [-0.05, 0) is 29.7 Å². The second-order valence-corrected chi connectivity index (χ2v) is 3.13. The van der Waals surface area contributed by atoms with E-state index in [4.69, 9.17) is 5.11 Å². The van der Waals surface area contributed by atoms with E-state index < -0.39 is 17.6 Å². The number of hydrogen-bond acceptors (Lipinski definition) is 1. The van der Waals surface area contributed by atoms with Crippen LogP contribution in [-0.2, 0) is 0 Å². The molecule has 0 aliphatic rings. The molecule has 1 N–H and O–H groups in total. The fraction of sp³-hybridized carbons (Fsp3) is 0. The minimum Gasteiger partial charge on any atom is -0.478 e. The van der Waals surface area contributed by atoms with E-state index in [0.29, 0.717) is 5.39 Å². The van der Waals surface area contributed by atoms with E-state index in [1.165, 1.54) is 12.1 Å². The minimum absolute atomic E-state index is 0.0833. The van der Waals surface area contributed by atoms with Gasteiger partial charge in [0, 0.05) is 5.39 Å². The van der Waals surface area contributed by atoms with Gasteiger partial charge in [-0.2, -0.15) is 0 Å². The van der Waals surface area contributed by atoms with Crippen LogP contribution in [0.5, 0.6) is 0 Å². The van der Waals surface area contributed by atoms with Crippen molar-refractivity contribution < 1.29 is 18.7 Å². The maximum Gasteiger partial charge on any atom is 0.335 e. The van der Waals surface area contributed by atoms with E-state index in [2.05, 4.69) is 0 Å². The van der Waals surface area contributed by atoms with Crippen LogP contribution in [0, 0.1) is 11.6 Å². The molecule has 2 rings (SSSR count). The summed E-state index contributed by atoms with van der Waals surface area (Å²) in [6, 6.07) is 5.73. The molecule has 0 saturated heterocycles. The summed E-state index contributed by atoms with van der Waals surface area (Å²) in [6.45, 7) is 0. The lowest BCUT2D eigenvalue weighted by Crippen LogP contribution is -1.97. The highest BCUT2D eigenvalue weighted by molar-refractivity contribution is 5.94. The summed E-state index contributed by atoms with van der Waals surface area (Å²) < 4.78 is 26.1. The second kappa shape index (κ2) is 3.31. The Hall–Kier alpha value is -1.97. The zero-order valence-corrected chi connectivity index (χ0v) is 7.50. The number of halogens is 2. The number of rotatable bonds is 1. The quantitative estimate of drug-likeness (QED) is 0.782. The molecular formula is C11H6F2O2. The van der Waals surface area contributed by atoms with E-state index in [-0.39, 0.29) is 10.9 Å². The highest BCUT2D eigenvalue weighted by atomic mass is 19.1. The van der Waals surface area contributed by atoms with Crippen LogP contribution in [0.1, 0.15) is 10.4 Å². The molecule has 0 atom stereocenters. The zero-order chi connectivity index (χ0) is 11.0. The first-order valence-corrected chi connectivity index (χ1v) is 4.20. The van der Waals surface area contributed by atoms with Crippen molar-refractivity contribution in [2.45, 2.75) is 0 Å². The summed E-state index contributed by atoms with van der Waals surface area (Å²) in [5, 5.41) is 9.14. The fourth-order valence-electron chi connectivity index (χ4n) is 1.41. The fourth-order valence-corrected chi connectivity index (χ4v) is 1.41. The lowest BCUT2D eigenvalue weighted by Gasteiger charge is -2.01. The van der Waals surface area contributed by atoms with Gasteiger partial charge in [0.05, 0.1) is 5.56 Å². The Kier molecular flexibility index (Phi) is 2.11. The molecule has 0 fully saturated rings. The Bertz CT molecular complexity index is 550. The van der Waals surface area contributed by atoms with E-state index in [1.807, 2.05) is 0 Å². The van der Waals surface area contributed by atoms with Gasteiger partial charge in [-0.15, -0.1) is 0 Å². The van der Waals surface area contributed by atoms with E-state index in [1.54, 1.807) is 0 Å². The molecule has 2 aromatic rings. The molecule has 0 aliphatic carbocycles. The standard InChI is InChI=1S/C11H6F2O2/c12-8-2-1-6-3-7(11(14)15)4-10(13)9(6)5-8/h1-5H,(H,14,15). The van der Waals surface area contributed by atoms with Crippen molar-refractivity contribution in [3.05, 3.63) is 47.5 Å². The van der Waals surface area contributed by atoms with Gasteiger partial charge >= 0.3 is 5.97 Å². The molecule has 0 spiro atoms. The highest BCUT2D eigenvalue weighted by Gasteiger charge is 2.09. The van der Waals surface area contributed by atoms with Gasteiger partial charge in [-0.25, -0.2) is 13.6 Å². The first-order valence-electron chi connectivity index (χ1n) is 4.20. The lowest BCUT2D eigenvalue weighted by molar-refractivity contribution is 0.0696. The van der Waals surface area contributed by atoms with Crippen LogP contribution < -0.4 is 0 Å². The Morgan fingerprint density at radius 3 is 2.53 bits per heavy atom. The first kappa shape index (κ1) is 9.58. The number of fused-ring (bicyclic) bond motifs is 1. The topological polar surface area (TPSA) is 37.3 Å². The van der Waals surface area contributed by atoms with Gasteiger partial charge < -0.3 is 5.11 Å². The molecule has 15 heavy (non-hydrogen) atoms. The molecule has 2 aromatic carbocycles. The highest BCUT2D eigenvalue weighted by Crippen LogP contribution is 2.21. The average Bonchev–Trinajstić information content (AvgIpc) is 2.18. The van der Waals surface area contributed by atoms with Gasteiger partial charge in [-0.1, -0.05) is 6.07 Å². The van der Waals surface area contributed by atoms with Gasteiger partial charge in [-0.3, -0.25) is 0 Å². The summed E-state index contributed by atoms with van der Waals surface area (Å²) in [5.41, 5.74) is -0.147. The van der Waals surface area contributed by atoms with Crippen LogP contribution in [0.2, 0.25) is 0 Å². The Labute approximate surface area is 83.8 Å². The lowest BCUT2D eigenvalue weighted by atomic mass is 10.1. The van der Waals surface area contributed by atoms with Crippen LogP contribution in [-0.4, -0.2) is 11.1 Å².